The highest BCUT2D eigenvalue weighted by molar-refractivity contribution is 6.00. The molecule has 25 heavy (non-hydrogen) atoms. The fourth-order valence-corrected chi connectivity index (χ4v) is 2.01. The van der Waals surface area contributed by atoms with Crippen LogP contribution in [0, 0.1) is 5.82 Å². The minimum atomic E-state index is -0.502. The number of halogens is 1. The maximum absolute atomic E-state index is 12.8. The summed E-state index contributed by atoms with van der Waals surface area (Å²) >= 11 is 0. The molecule has 0 unspecified atom stereocenters. The number of nitrogens with one attached hydrogen (secondary N) is 2. The lowest BCUT2D eigenvalue weighted by Crippen LogP contribution is -2.32. The summed E-state index contributed by atoms with van der Waals surface area (Å²) < 4.78 is 23.1. The normalized spacial score (nSPS) is 10.0. The number of rotatable bonds is 7. The number of hydrogen-bond donors (Lipinski definition) is 2. The predicted octanol–water partition coefficient (Wildman–Crippen LogP) is 3.20. The number of benzene rings is 2. The Hall–Kier alpha value is -3.09. The van der Waals surface area contributed by atoms with E-state index in [2.05, 4.69) is 10.6 Å². The predicted molar refractivity (Wildman–Crippen MR) is 91.3 cm³/mol. The Morgan fingerprint density at radius 2 is 1.80 bits per heavy atom. The van der Waals surface area contributed by atoms with Crippen LogP contribution in [0.2, 0.25) is 0 Å². The third kappa shape index (κ3) is 5.80. The highest BCUT2D eigenvalue weighted by Gasteiger charge is 2.13. The smallest absolute Gasteiger partial charge is 0.340 e. The molecule has 0 aliphatic carbocycles. The topological polar surface area (TPSA) is 76.7 Å². The second kappa shape index (κ2) is 9.27. The van der Waals surface area contributed by atoms with E-state index in [0.717, 1.165) is 0 Å². The van der Waals surface area contributed by atoms with E-state index >= 15 is 0 Å². The SMILES string of the molecule is CCOC(=O)c1ccccc1NC(=O)NCCOc1ccc(F)cc1. The number of amides is 2. The van der Waals surface area contributed by atoms with Gasteiger partial charge in [0.05, 0.1) is 24.4 Å². The maximum atomic E-state index is 12.8. The number of para-hydroxylation sites is 1. The van der Waals surface area contributed by atoms with Crippen LogP contribution in [0.15, 0.2) is 48.5 Å². The number of hydrogen-bond acceptors (Lipinski definition) is 4. The number of carbonyl (C=O) groups excluding carboxylic acids is 2. The summed E-state index contributed by atoms with van der Waals surface area (Å²) in [5.74, 6) is -0.334. The van der Waals surface area contributed by atoms with Crippen molar-refractivity contribution in [3.05, 3.63) is 59.9 Å². The Bertz CT molecular complexity index is 719. The molecule has 0 aliphatic heterocycles. The summed E-state index contributed by atoms with van der Waals surface area (Å²) in [6.45, 7) is 2.42. The van der Waals surface area contributed by atoms with Crippen molar-refractivity contribution in [2.45, 2.75) is 6.92 Å². The summed E-state index contributed by atoms with van der Waals surface area (Å²) in [6, 6.07) is 11.7. The van der Waals surface area contributed by atoms with E-state index in [9.17, 15) is 14.0 Å². The van der Waals surface area contributed by atoms with Gasteiger partial charge in [0.1, 0.15) is 18.2 Å². The lowest BCUT2D eigenvalue weighted by Gasteiger charge is -2.11. The largest absolute Gasteiger partial charge is 0.492 e. The molecule has 0 heterocycles. The fraction of sp³-hybridized carbons (Fsp3) is 0.222. The van der Waals surface area contributed by atoms with Crippen LogP contribution in [0.1, 0.15) is 17.3 Å². The molecule has 2 N–H and O–H groups in total. The molecule has 0 aromatic heterocycles. The fourth-order valence-electron chi connectivity index (χ4n) is 2.01. The van der Waals surface area contributed by atoms with E-state index < -0.39 is 12.0 Å². The summed E-state index contributed by atoms with van der Waals surface area (Å²) in [4.78, 5) is 23.8. The van der Waals surface area contributed by atoms with Crippen LogP contribution in [0.3, 0.4) is 0 Å². The van der Waals surface area contributed by atoms with Crippen molar-refractivity contribution < 1.29 is 23.5 Å². The summed E-state index contributed by atoms with van der Waals surface area (Å²) in [5, 5.41) is 5.21. The van der Waals surface area contributed by atoms with Gasteiger partial charge in [0.15, 0.2) is 0 Å². The molecular weight excluding hydrogens is 327 g/mol. The summed E-state index contributed by atoms with van der Waals surface area (Å²) in [7, 11) is 0. The van der Waals surface area contributed by atoms with Crippen LogP contribution >= 0.6 is 0 Å². The lowest BCUT2D eigenvalue weighted by molar-refractivity contribution is 0.0527. The van der Waals surface area contributed by atoms with Crippen LogP contribution in [0.25, 0.3) is 0 Å². The Labute approximate surface area is 144 Å². The lowest BCUT2D eigenvalue weighted by atomic mass is 10.2. The van der Waals surface area contributed by atoms with Crippen LogP contribution in [-0.4, -0.2) is 31.8 Å². The third-order valence-corrected chi connectivity index (χ3v) is 3.14. The van der Waals surface area contributed by atoms with Crippen molar-refractivity contribution in [1.29, 1.82) is 0 Å². The monoisotopic (exact) mass is 346 g/mol. The van der Waals surface area contributed by atoms with Gasteiger partial charge in [-0.1, -0.05) is 12.1 Å². The van der Waals surface area contributed by atoms with Gasteiger partial charge in [-0.15, -0.1) is 0 Å². The van der Waals surface area contributed by atoms with Gasteiger partial charge in [-0.2, -0.15) is 0 Å². The standard InChI is InChI=1S/C18H19FN2O4/c1-2-24-17(22)15-5-3-4-6-16(15)21-18(23)20-11-12-25-14-9-7-13(19)8-10-14/h3-10H,2,11-12H2,1H3,(H2,20,21,23). The van der Waals surface area contributed by atoms with Gasteiger partial charge in [-0.05, 0) is 43.3 Å². The van der Waals surface area contributed by atoms with Gasteiger partial charge >= 0.3 is 12.0 Å². The van der Waals surface area contributed by atoms with Gasteiger partial charge in [0.25, 0.3) is 0 Å². The van der Waals surface area contributed by atoms with Crippen molar-refractivity contribution >= 4 is 17.7 Å². The number of carbonyl (C=O) groups is 2. The molecular formula is C18H19FN2O4. The first kappa shape index (κ1) is 18.3. The molecule has 6 nitrogen and oxygen atoms in total. The molecule has 132 valence electrons. The van der Waals surface area contributed by atoms with E-state index in [1.165, 1.54) is 24.3 Å². The van der Waals surface area contributed by atoms with E-state index in [0.29, 0.717) is 11.4 Å². The van der Waals surface area contributed by atoms with Crippen molar-refractivity contribution in [2.75, 3.05) is 25.1 Å². The molecule has 0 bridgehead atoms. The van der Waals surface area contributed by atoms with Gasteiger partial charge < -0.3 is 20.1 Å². The number of anilines is 1. The molecule has 0 saturated carbocycles. The highest BCUT2D eigenvalue weighted by Crippen LogP contribution is 2.16. The number of ether oxygens (including phenoxy) is 2. The molecule has 0 fully saturated rings. The van der Waals surface area contributed by atoms with Crippen molar-refractivity contribution in [3.8, 4) is 5.75 Å². The molecule has 0 atom stereocenters. The summed E-state index contributed by atoms with van der Waals surface area (Å²) in [5.41, 5.74) is 0.639. The van der Waals surface area contributed by atoms with Crippen LogP contribution in [0.5, 0.6) is 5.75 Å². The number of esters is 1. The first-order valence-corrected chi connectivity index (χ1v) is 7.79. The number of urea groups is 1. The average molecular weight is 346 g/mol. The van der Waals surface area contributed by atoms with Crippen molar-refractivity contribution in [3.63, 3.8) is 0 Å². The first-order valence-electron chi connectivity index (χ1n) is 7.79. The highest BCUT2D eigenvalue weighted by atomic mass is 19.1. The van der Waals surface area contributed by atoms with Crippen LogP contribution < -0.4 is 15.4 Å². The Morgan fingerprint density at radius 1 is 1.08 bits per heavy atom. The van der Waals surface area contributed by atoms with Gasteiger partial charge in [-0.3, -0.25) is 0 Å². The Morgan fingerprint density at radius 3 is 2.52 bits per heavy atom. The molecule has 0 saturated heterocycles. The molecule has 0 spiro atoms. The van der Waals surface area contributed by atoms with Crippen molar-refractivity contribution in [1.82, 2.24) is 5.32 Å². The third-order valence-electron chi connectivity index (χ3n) is 3.14. The van der Waals surface area contributed by atoms with E-state index in [4.69, 9.17) is 9.47 Å². The van der Waals surface area contributed by atoms with E-state index in [1.807, 2.05) is 0 Å². The molecule has 2 rings (SSSR count). The Balaban J connectivity index is 1.80. The van der Waals surface area contributed by atoms with Gasteiger partial charge in [0.2, 0.25) is 0 Å². The molecule has 2 amide bonds. The van der Waals surface area contributed by atoms with E-state index in [1.54, 1.807) is 31.2 Å². The van der Waals surface area contributed by atoms with Crippen LogP contribution in [-0.2, 0) is 4.74 Å². The first-order chi connectivity index (χ1) is 12.1. The maximum Gasteiger partial charge on any atom is 0.340 e. The average Bonchev–Trinajstić information content (AvgIpc) is 2.61. The minimum Gasteiger partial charge on any atom is -0.492 e. The molecule has 0 radical (unpaired) electrons. The molecule has 2 aromatic carbocycles. The van der Waals surface area contributed by atoms with Crippen molar-refractivity contribution in [2.24, 2.45) is 0 Å². The Kier molecular flexibility index (Phi) is 6.76. The quantitative estimate of drug-likeness (QED) is 0.596. The van der Waals surface area contributed by atoms with Gasteiger partial charge in [-0.25, -0.2) is 14.0 Å². The molecule has 7 heteroatoms. The van der Waals surface area contributed by atoms with Gasteiger partial charge in [0, 0.05) is 0 Å². The summed E-state index contributed by atoms with van der Waals surface area (Å²) in [6.07, 6.45) is 0. The molecule has 0 aliphatic rings. The second-order valence-electron chi connectivity index (χ2n) is 4.95. The zero-order valence-corrected chi connectivity index (χ0v) is 13.8. The van der Waals surface area contributed by atoms with E-state index in [-0.39, 0.29) is 31.1 Å². The van der Waals surface area contributed by atoms with Crippen LogP contribution in [0.4, 0.5) is 14.9 Å². The minimum absolute atomic E-state index is 0.221. The zero-order chi connectivity index (χ0) is 18.1. The molecule has 2 aromatic rings. The zero-order valence-electron chi connectivity index (χ0n) is 13.8. The second-order valence-corrected chi connectivity index (χ2v) is 4.95.